The van der Waals surface area contributed by atoms with Gasteiger partial charge in [-0.05, 0) is 50.1 Å². The molecule has 2 aromatic heterocycles. The van der Waals surface area contributed by atoms with Crippen LogP contribution in [-0.2, 0) is 10.2 Å². The number of hydrogen-bond donors (Lipinski definition) is 1. The first kappa shape index (κ1) is 14.9. The lowest BCUT2D eigenvalue weighted by molar-refractivity contribution is -0.122. The van der Waals surface area contributed by atoms with Gasteiger partial charge in [-0.15, -0.1) is 0 Å². The van der Waals surface area contributed by atoms with Gasteiger partial charge in [-0.2, -0.15) is 0 Å². The fourth-order valence-electron chi connectivity index (χ4n) is 3.42. The highest BCUT2D eigenvalue weighted by atomic mass is 16.2. The normalized spacial score (nSPS) is 16.0. The van der Waals surface area contributed by atoms with Crippen LogP contribution in [0.15, 0.2) is 36.7 Å². The van der Waals surface area contributed by atoms with Crippen molar-refractivity contribution < 1.29 is 4.79 Å². The van der Waals surface area contributed by atoms with E-state index in [0.29, 0.717) is 0 Å². The Balaban J connectivity index is 1.89. The number of imidazole rings is 1. The van der Waals surface area contributed by atoms with Gasteiger partial charge in [0, 0.05) is 24.5 Å². The van der Waals surface area contributed by atoms with Crippen molar-refractivity contribution in [3.63, 3.8) is 0 Å². The summed E-state index contributed by atoms with van der Waals surface area (Å²) in [4.78, 5) is 26.9. The second kappa shape index (κ2) is 5.16. The molecule has 0 radical (unpaired) electrons. The highest BCUT2D eigenvalue weighted by Crippen LogP contribution is 2.43. The molecule has 1 aliphatic heterocycles. The fraction of sp³-hybridized carbons (Fsp3) is 0.316. The zero-order valence-corrected chi connectivity index (χ0v) is 14.1. The fourth-order valence-corrected chi connectivity index (χ4v) is 3.42. The lowest BCUT2D eigenvalue weighted by atomic mass is 9.86. The van der Waals surface area contributed by atoms with Gasteiger partial charge < -0.3 is 9.88 Å². The van der Waals surface area contributed by atoms with E-state index in [1.807, 2.05) is 30.9 Å². The van der Waals surface area contributed by atoms with E-state index in [2.05, 4.69) is 29.0 Å². The smallest absolute Gasteiger partial charge is 0.237 e. The van der Waals surface area contributed by atoms with Crippen LogP contribution in [0.5, 0.6) is 0 Å². The molecule has 0 atom stereocenters. The molecule has 1 amide bonds. The second-order valence-electron chi connectivity index (χ2n) is 6.80. The molecule has 3 heterocycles. The van der Waals surface area contributed by atoms with Crippen molar-refractivity contribution >= 4 is 22.6 Å². The molecule has 0 saturated carbocycles. The average Bonchev–Trinajstić information content (AvgIpc) is 3.08. The van der Waals surface area contributed by atoms with Gasteiger partial charge in [0.1, 0.15) is 5.82 Å². The number of benzene rings is 1. The minimum absolute atomic E-state index is 0.166. The Kier molecular flexibility index (Phi) is 3.20. The molecule has 0 unspecified atom stereocenters. The van der Waals surface area contributed by atoms with Crippen LogP contribution in [0.25, 0.3) is 22.4 Å². The van der Waals surface area contributed by atoms with Crippen molar-refractivity contribution in [3.8, 4) is 11.4 Å². The van der Waals surface area contributed by atoms with Gasteiger partial charge in [0.05, 0.1) is 22.1 Å². The molecule has 0 spiro atoms. The third-order valence-corrected chi connectivity index (χ3v) is 4.73. The van der Waals surface area contributed by atoms with Crippen LogP contribution in [-0.4, -0.2) is 27.4 Å². The third-order valence-electron chi connectivity index (χ3n) is 4.73. The van der Waals surface area contributed by atoms with Crippen molar-refractivity contribution in [1.29, 1.82) is 0 Å². The minimum atomic E-state index is -0.508. The molecule has 5 nitrogen and oxygen atoms in total. The van der Waals surface area contributed by atoms with Crippen LogP contribution < -0.4 is 4.90 Å². The first-order chi connectivity index (χ1) is 11.5. The summed E-state index contributed by atoms with van der Waals surface area (Å²) in [6, 6.07) is 7.98. The molecule has 24 heavy (non-hydrogen) atoms. The number of pyridine rings is 1. The number of rotatable bonds is 3. The van der Waals surface area contributed by atoms with Crippen LogP contribution in [0.3, 0.4) is 0 Å². The van der Waals surface area contributed by atoms with E-state index in [1.54, 1.807) is 12.4 Å². The maximum Gasteiger partial charge on any atom is 0.237 e. The molecule has 4 rings (SSSR count). The van der Waals surface area contributed by atoms with Crippen LogP contribution in [0, 0.1) is 0 Å². The summed E-state index contributed by atoms with van der Waals surface area (Å²) in [7, 11) is 0. The van der Waals surface area contributed by atoms with Crippen LogP contribution in [0.2, 0.25) is 0 Å². The molecule has 5 heteroatoms. The van der Waals surface area contributed by atoms with Gasteiger partial charge in [-0.1, -0.05) is 6.92 Å². The number of amides is 1. The molecule has 0 saturated heterocycles. The monoisotopic (exact) mass is 320 g/mol. The minimum Gasteiger partial charge on any atom is -0.338 e. The lowest BCUT2D eigenvalue weighted by Crippen LogP contribution is -2.36. The Morgan fingerprint density at radius 3 is 2.83 bits per heavy atom. The quantitative estimate of drug-likeness (QED) is 0.801. The molecule has 3 aromatic rings. The number of carbonyl (C=O) groups excluding carboxylic acids is 1. The first-order valence-corrected chi connectivity index (χ1v) is 8.29. The van der Waals surface area contributed by atoms with Gasteiger partial charge >= 0.3 is 0 Å². The summed E-state index contributed by atoms with van der Waals surface area (Å²) in [6.07, 6.45) is 4.48. The SMILES string of the molecule is CCCN1C(=O)C(C)(C)c2cc3nc(-c4cccnc4)[nH]c3cc21. The molecule has 0 aliphatic carbocycles. The second-order valence-corrected chi connectivity index (χ2v) is 6.80. The number of fused-ring (bicyclic) bond motifs is 2. The number of H-pyrrole nitrogens is 1. The number of nitrogens with zero attached hydrogens (tertiary/aromatic N) is 3. The van der Waals surface area contributed by atoms with E-state index in [9.17, 15) is 4.79 Å². The Morgan fingerprint density at radius 1 is 1.29 bits per heavy atom. The molecule has 1 aromatic carbocycles. The molecular weight excluding hydrogens is 300 g/mol. The van der Waals surface area contributed by atoms with E-state index in [-0.39, 0.29) is 5.91 Å². The Morgan fingerprint density at radius 2 is 2.12 bits per heavy atom. The van der Waals surface area contributed by atoms with Gasteiger partial charge in [-0.3, -0.25) is 9.78 Å². The highest BCUT2D eigenvalue weighted by Gasteiger charge is 2.43. The van der Waals surface area contributed by atoms with E-state index >= 15 is 0 Å². The molecular formula is C19H20N4O. The largest absolute Gasteiger partial charge is 0.338 e. The third kappa shape index (κ3) is 2.04. The molecule has 1 aliphatic rings. The first-order valence-electron chi connectivity index (χ1n) is 8.29. The number of carbonyl (C=O) groups is 1. The van der Waals surface area contributed by atoms with E-state index < -0.39 is 5.41 Å². The zero-order chi connectivity index (χ0) is 16.9. The maximum atomic E-state index is 12.8. The van der Waals surface area contributed by atoms with Gasteiger partial charge in [0.15, 0.2) is 0 Å². The number of aromatic nitrogens is 3. The summed E-state index contributed by atoms with van der Waals surface area (Å²) in [5, 5.41) is 0. The predicted molar refractivity (Wildman–Crippen MR) is 95.0 cm³/mol. The average molecular weight is 320 g/mol. The number of aromatic amines is 1. The topological polar surface area (TPSA) is 61.9 Å². The molecule has 0 bridgehead atoms. The zero-order valence-electron chi connectivity index (χ0n) is 14.1. The molecule has 1 N–H and O–H groups in total. The van der Waals surface area contributed by atoms with Crippen molar-refractivity contribution in [1.82, 2.24) is 15.0 Å². The summed E-state index contributed by atoms with van der Waals surface area (Å²) >= 11 is 0. The van der Waals surface area contributed by atoms with E-state index in [1.165, 1.54) is 0 Å². The van der Waals surface area contributed by atoms with E-state index in [0.717, 1.165) is 46.6 Å². The predicted octanol–water partition coefficient (Wildman–Crippen LogP) is 3.66. The van der Waals surface area contributed by atoms with Crippen LogP contribution >= 0.6 is 0 Å². The lowest BCUT2D eigenvalue weighted by Gasteiger charge is -2.19. The molecule has 122 valence electrons. The Bertz CT molecular complexity index is 927. The number of hydrogen-bond acceptors (Lipinski definition) is 3. The molecule has 0 fully saturated rings. The summed E-state index contributed by atoms with van der Waals surface area (Å²) in [5.41, 5.74) is 4.32. The van der Waals surface area contributed by atoms with Crippen molar-refractivity contribution in [2.24, 2.45) is 0 Å². The van der Waals surface area contributed by atoms with Gasteiger partial charge in [0.25, 0.3) is 0 Å². The van der Waals surface area contributed by atoms with Crippen molar-refractivity contribution in [2.45, 2.75) is 32.6 Å². The number of nitrogens with one attached hydrogen (secondary N) is 1. The van der Waals surface area contributed by atoms with E-state index in [4.69, 9.17) is 4.98 Å². The number of anilines is 1. The summed E-state index contributed by atoms with van der Waals surface area (Å²) in [6.45, 7) is 6.81. The Labute approximate surface area is 140 Å². The van der Waals surface area contributed by atoms with Crippen molar-refractivity contribution in [3.05, 3.63) is 42.2 Å². The van der Waals surface area contributed by atoms with Gasteiger partial charge in [0.2, 0.25) is 5.91 Å². The highest BCUT2D eigenvalue weighted by molar-refractivity contribution is 6.09. The standard InChI is InChI=1S/C19H20N4O/c1-4-8-23-16-10-15-14(9-13(16)19(2,3)18(23)24)21-17(22-15)12-6-5-7-20-11-12/h5-7,9-11H,4,8H2,1-3H3,(H,21,22). The summed E-state index contributed by atoms with van der Waals surface area (Å²) < 4.78 is 0. The maximum absolute atomic E-state index is 12.8. The van der Waals surface area contributed by atoms with Gasteiger partial charge in [-0.25, -0.2) is 4.98 Å². The van der Waals surface area contributed by atoms with Crippen molar-refractivity contribution in [2.75, 3.05) is 11.4 Å². The van der Waals surface area contributed by atoms with Crippen LogP contribution in [0.4, 0.5) is 5.69 Å². The Hall–Kier alpha value is -2.69. The van der Waals surface area contributed by atoms with Crippen LogP contribution in [0.1, 0.15) is 32.8 Å². The summed E-state index contributed by atoms with van der Waals surface area (Å²) in [5.74, 6) is 0.965.